The van der Waals surface area contributed by atoms with Crippen molar-refractivity contribution in [2.45, 2.75) is 25.3 Å². The largest absolute Gasteiger partial charge is 0.465 e. The number of anilines is 1. The predicted octanol–water partition coefficient (Wildman–Crippen LogP) is 3.57. The lowest BCUT2D eigenvalue weighted by Crippen LogP contribution is -2.34. The van der Waals surface area contributed by atoms with Crippen LogP contribution in [0.1, 0.15) is 18.4 Å². The van der Waals surface area contributed by atoms with Gasteiger partial charge < -0.3 is 10.1 Å². The molecular weight excluding hydrogens is 352 g/mol. The van der Waals surface area contributed by atoms with Crippen LogP contribution in [0, 0.1) is 0 Å². The van der Waals surface area contributed by atoms with Gasteiger partial charge in [0.1, 0.15) is 0 Å². The monoisotopic (exact) mass is 374 g/mol. The van der Waals surface area contributed by atoms with Gasteiger partial charge in [0.15, 0.2) is 0 Å². The quantitative estimate of drug-likeness (QED) is 0.754. The number of hydrogen-bond donors (Lipinski definition) is 1. The third-order valence-corrected chi connectivity index (χ3v) is 4.29. The molecule has 1 N–H and O–H groups in total. The first-order chi connectivity index (χ1) is 12.2. The molecule has 138 valence electrons. The summed E-state index contributed by atoms with van der Waals surface area (Å²) in [5, 5.41) is 2.84. The van der Waals surface area contributed by atoms with E-state index in [1.54, 1.807) is 4.90 Å². The molecule has 1 aliphatic heterocycles. The summed E-state index contributed by atoms with van der Waals surface area (Å²) in [6.45, 7) is 0.929. The second-order valence-electron chi connectivity index (χ2n) is 6.04. The molecule has 0 radical (unpaired) electrons. The van der Waals surface area contributed by atoms with Crippen LogP contribution in [-0.4, -0.2) is 31.2 Å². The number of benzene rings is 2. The van der Waals surface area contributed by atoms with Crippen molar-refractivity contribution in [2.75, 3.05) is 18.1 Å². The first-order valence-corrected chi connectivity index (χ1v) is 8.55. The molecule has 1 atom stereocenters. The van der Waals surface area contributed by atoms with Crippen molar-refractivity contribution in [1.82, 2.24) is 5.32 Å². The van der Waals surface area contributed by atoms with Gasteiger partial charge in [-0.2, -0.15) is 0 Å². The standard InChI is InChI=1S/C20H22N2O3.ClH/c23-19(25-14-13-16-7-3-1-4-8-16)12-11-18-15-21-20(24)22(18)17-9-5-2-6-10-17;/h1-10,18H,11-15H2,(H,21,24);1H. The van der Waals surface area contributed by atoms with Gasteiger partial charge in [0.2, 0.25) is 0 Å². The molecule has 5 nitrogen and oxygen atoms in total. The number of hydrogen-bond acceptors (Lipinski definition) is 3. The summed E-state index contributed by atoms with van der Waals surface area (Å²) >= 11 is 0. The lowest BCUT2D eigenvalue weighted by atomic mass is 10.1. The summed E-state index contributed by atoms with van der Waals surface area (Å²) in [5.41, 5.74) is 2.00. The minimum absolute atomic E-state index is 0. The number of amides is 2. The van der Waals surface area contributed by atoms with Crippen molar-refractivity contribution in [3.8, 4) is 0 Å². The van der Waals surface area contributed by atoms with Crippen LogP contribution in [0.15, 0.2) is 60.7 Å². The maximum Gasteiger partial charge on any atom is 0.322 e. The molecule has 2 aromatic carbocycles. The van der Waals surface area contributed by atoms with Gasteiger partial charge >= 0.3 is 12.0 Å². The van der Waals surface area contributed by atoms with Crippen LogP contribution in [0.25, 0.3) is 0 Å². The van der Waals surface area contributed by atoms with Gasteiger partial charge in [0.25, 0.3) is 0 Å². The fourth-order valence-corrected chi connectivity index (χ4v) is 2.98. The molecule has 1 heterocycles. The van der Waals surface area contributed by atoms with E-state index >= 15 is 0 Å². The van der Waals surface area contributed by atoms with Crippen molar-refractivity contribution < 1.29 is 14.3 Å². The Morgan fingerprint density at radius 1 is 1.08 bits per heavy atom. The van der Waals surface area contributed by atoms with Crippen LogP contribution in [0.5, 0.6) is 0 Å². The van der Waals surface area contributed by atoms with Gasteiger partial charge in [-0.25, -0.2) is 4.79 Å². The van der Waals surface area contributed by atoms with Crippen LogP contribution in [0.3, 0.4) is 0 Å². The van der Waals surface area contributed by atoms with Crippen molar-refractivity contribution in [3.05, 3.63) is 66.2 Å². The lowest BCUT2D eigenvalue weighted by molar-refractivity contribution is -0.143. The van der Waals surface area contributed by atoms with E-state index in [0.29, 0.717) is 32.4 Å². The van der Waals surface area contributed by atoms with E-state index in [4.69, 9.17) is 4.74 Å². The number of halogens is 1. The summed E-state index contributed by atoms with van der Waals surface area (Å²) in [6, 6.07) is 19.3. The van der Waals surface area contributed by atoms with Gasteiger partial charge in [-0.3, -0.25) is 9.69 Å². The van der Waals surface area contributed by atoms with E-state index in [9.17, 15) is 9.59 Å². The Morgan fingerprint density at radius 3 is 2.42 bits per heavy atom. The van der Waals surface area contributed by atoms with Crippen molar-refractivity contribution in [1.29, 1.82) is 0 Å². The second-order valence-corrected chi connectivity index (χ2v) is 6.04. The van der Waals surface area contributed by atoms with E-state index in [-0.39, 0.29) is 30.4 Å². The minimum atomic E-state index is -0.219. The van der Waals surface area contributed by atoms with Crippen molar-refractivity contribution in [2.24, 2.45) is 0 Å². The highest BCUT2D eigenvalue weighted by Gasteiger charge is 2.31. The Balaban J connectivity index is 0.00000243. The Bertz CT molecular complexity index is 710. The molecule has 2 aromatic rings. The van der Waals surface area contributed by atoms with Crippen LogP contribution >= 0.6 is 12.4 Å². The van der Waals surface area contributed by atoms with Crippen molar-refractivity contribution in [3.63, 3.8) is 0 Å². The Kier molecular flexibility index (Phi) is 7.48. The molecule has 0 saturated carbocycles. The van der Waals surface area contributed by atoms with Gasteiger partial charge in [0.05, 0.1) is 12.6 Å². The molecule has 1 saturated heterocycles. The third kappa shape index (κ3) is 5.23. The first-order valence-electron chi connectivity index (χ1n) is 8.55. The smallest absolute Gasteiger partial charge is 0.322 e. The number of para-hydroxylation sites is 1. The van der Waals surface area contributed by atoms with E-state index in [2.05, 4.69) is 5.32 Å². The molecule has 3 rings (SSSR count). The number of nitrogens with one attached hydrogen (secondary N) is 1. The van der Waals surface area contributed by atoms with Gasteiger partial charge in [-0.15, -0.1) is 12.4 Å². The summed E-state index contributed by atoms with van der Waals surface area (Å²) in [5.74, 6) is -0.219. The number of carbonyl (C=O) groups excluding carboxylic acids is 2. The fraction of sp³-hybridized carbons (Fsp3) is 0.300. The van der Waals surface area contributed by atoms with Crippen LogP contribution in [-0.2, 0) is 16.0 Å². The number of ether oxygens (including phenoxy) is 1. The fourth-order valence-electron chi connectivity index (χ4n) is 2.98. The summed E-state index contributed by atoms with van der Waals surface area (Å²) in [6.07, 6.45) is 1.60. The van der Waals surface area contributed by atoms with Gasteiger partial charge in [0, 0.05) is 25.1 Å². The normalized spacial score (nSPS) is 15.9. The number of rotatable bonds is 7. The zero-order valence-corrected chi connectivity index (χ0v) is 15.3. The van der Waals surface area contributed by atoms with E-state index in [0.717, 1.165) is 11.3 Å². The van der Waals surface area contributed by atoms with Crippen LogP contribution in [0.4, 0.5) is 10.5 Å². The highest BCUT2D eigenvalue weighted by atomic mass is 35.5. The molecule has 0 aliphatic carbocycles. The molecule has 0 aromatic heterocycles. The summed E-state index contributed by atoms with van der Waals surface area (Å²) < 4.78 is 5.31. The third-order valence-electron chi connectivity index (χ3n) is 4.29. The Morgan fingerprint density at radius 2 is 1.73 bits per heavy atom. The highest BCUT2D eigenvalue weighted by molar-refractivity contribution is 5.95. The molecule has 1 aliphatic rings. The van der Waals surface area contributed by atoms with E-state index < -0.39 is 0 Å². The molecule has 6 heteroatoms. The number of urea groups is 1. The molecule has 0 bridgehead atoms. The number of nitrogens with zero attached hydrogens (tertiary/aromatic N) is 1. The number of esters is 1. The average molecular weight is 375 g/mol. The zero-order chi connectivity index (χ0) is 17.5. The molecule has 26 heavy (non-hydrogen) atoms. The molecule has 1 fully saturated rings. The maximum atomic E-state index is 12.1. The molecule has 0 spiro atoms. The zero-order valence-electron chi connectivity index (χ0n) is 14.5. The Hall–Kier alpha value is -2.53. The molecule has 2 amide bonds. The van der Waals surface area contributed by atoms with Crippen LogP contribution < -0.4 is 10.2 Å². The highest BCUT2D eigenvalue weighted by Crippen LogP contribution is 2.22. The second kappa shape index (κ2) is 9.82. The van der Waals surface area contributed by atoms with Gasteiger partial charge in [-0.05, 0) is 24.1 Å². The lowest BCUT2D eigenvalue weighted by Gasteiger charge is -2.22. The summed E-state index contributed by atoms with van der Waals surface area (Å²) in [7, 11) is 0. The number of carbonyl (C=O) groups is 2. The van der Waals surface area contributed by atoms with E-state index in [1.165, 1.54) is 0 Å². The summed E-state index contributed by atoms with van der Waals surface area (Å²) in [4.78, 5) is 25.7. The Labute approximate surface area is 159 Å². The topological polar surface area (TPSA) is 58.6 Å². The van der Waals surface area contributed by atoms with Crippen LogP contribution in [0.2, 0.25) is 0 Å². The molecule has 1 unspecified atom stereocenters. The minimum Gasteiger partial charge on any atom is -0.465 e. The van der Waals surface area contributed by atoms with Gasteiger partial charge in [-0.1, -0.05) is 48.5 Å². The van der Waals surface area contributed by atoms with E-state index in [1.807, 2.05) is 60.7 Å². The average Bonchev–Trinajstić information content (AvgIpc) is 3.02. The first kappa shape index (κ1) is 19.8. The SMILES string of the molecule is Cl.O=C(CCC1CNC(=O)N1c1ccccc1)OCCc1ccccc1. The van der Waals surface area contributed by atoms with Crippen molar-refractivity contribution >= 4 is 30.1 Å². The predicted molar refractivity (Wildman–Crippen MR) is 104 cm³/mol. The maximum absolute atomic E-state index is 12.1. The molecular formula is C20H23ClN2O3.